The lowest BCUT2D eigenvalue weighted by Crippen LogP contribution is -2.51. The maximum Gasteiger partial charge on any atom is 0.319 e. The molecule has 0 spiro atoms. The fourth-order valence-electron chi connectivity index (χ4n) is 8.16. The standard InChI is InChI=1S/C33H33F4N5O2/c1-17-25-30(29(37)27(28(17)36)23-11-22(43)10-18-4-2-5-24(35)26(18)23)39-32(40-31(25)41-14-20-6-7-21(15-41)38-20)44-16-33-8-3-9-42(33)13-19(34)12-33/h2,4-5,10-11,19-21,38,43H,3,6-9,12-16H2,1H3/t19-,20?,21?,33+/m1/s1. The molecule has 1 aromatic heterocycles. The highest BCUT2D eigenvalue weighted by Crippen LogP contribution is 2.44. The number of hydrogen-bond donors (Lipinski definition) is 2. The van der Waals surface area contributed by atoms with E-state index in [1.807, 2.05) is 4.90 Å². The van der Waals surface area contributed by atoms with Gasteiger partial charge in [0.15, 0.2) is 5.82 Å². The molecule has 0 saturated carbocycles. The summed E-state index contributed by atoms with van der Waals surface area (Å²) in [5, 5.41) is 14.6. The average Bonchev–Trinajstić information content (AvgIpc) is 3.64. The number of phenolic OH excluding ortho intramolecular Hbond substituents is 1. The number of aryl methyl sites for hydroxylation is 1. The van der Waals surface area contributed by atoms with E-state index in [-0.39, 0.29) is 57.9 Å². The maximum absolute atomic E-state index is 16.8. The molecular formula is C33H33F4N5O2. The third-order valence-corrected chi connectivity index (χ3v) is 10.1. The van der Waals surface area contributed by atoms with Gasteiger partial charge in [0.2, 0.25) is 0 Å². The first-order chi connectivity index (χ1) is 21.2. The zero-order valence-corrected chi connectivity index (χ0v) is 24.3. The monoisotopic (exact) mass is 607 g/mol. The van der Waals surface area contributed by atoms with Crippen molar-refractivity contribution in [2.24, 2.45) is 0 Å². The molecule has 4 saturated heterocycles. The number of ether oxygens (including phenoxy) is 1. The molecule has 2 N–H and O–H groups in total. The molecule has 4 aliphatic rings. The Kier molecular flexibility index (Phi) is 6.43. The summed E-state index contributed by atoms with van der Waals surface area (Å²) in [4.78, 5) is 13.4. The number of hydrogen-bond acceptors (Lipinski definition) is 7. The van der Waals surface area contributed by atoms with Crippen LogP contribution in [0.15, 0.2) is 30.3 Å². The maximum atomic E-state index is 16.8. The number of nitrogens with one attached hydrogen (secondary N) is 1. The van der Waals surface area contributed by atoms with Gasteiger partial charge in [0.1, 0.15) is 41.5 Å². The molecule has 2 bridgehead atoms. The van der Waals surface area contributed by atoms with Crippen molar-refractivity contribution >= 4 is 27.5 Å². The van der Waals surface area contributed by atoms with Crippen LogP contribution in [0, 0.1) is 24.4 Å². The number of anilines is 1. The predicted molar refractivity (Wildman–Crippen MR) is 159 cm³/mol. The molecule has 4 aliphatic heterocycles. The molecule has 4 fully saturated rings. The quantitative estimate of drug-likeness (QED) is 0.279. The minimum atomic E-state index is -0.991. The number of nitrogens with zero attached hydrogens (tertiary/aromatic N) is 4. The van der Waals surface area contributed by atoms with Crippen LogP contribution in [0.3, 0.4) is 0 Å². The van der Waals surface area contributed by atoms with Gasteiger partial charge in [-0.05, 0) is 68.3 Å². The summed E-state index contributed by atoms with van der Waals surface area (Å²) >= 11 is 0. The van der Waals surface area contributed by atoms with Crippen molar-refractivity contribution in [3.8, 4) is 22.9 Å². The Hall–Kier alpha value is -3.70. The van der Waals surface area contributed by atoms with Gasteiger partial charge in [-0.2, -0.15) is 9.97 Å². The fraction of sp³-hybridized carbons (Fsp3) is 0.455. The zero-order valence-electron chi connectivity index (χ0n) is 24.3. The van der Waals surface area contributed by atoms with Crippen LogP contribution in [-0.2, 0) is 0 Å². The van der Waals surface area contributed by atoms with Gasteiger partial charge < -0.3 is 20.1 Å². The van der Waals surface area contributed by atoms with Crippen LogP contribution < -0.4 is 15.0 Å². The molecule has 0 radical (unpaired) electrons. The van der Waals surface area contributed by atoms with Crippen molar-refractivity contribution in [2.45, 2.75) is 62.8 Å². The normalized spacial score (nSPS) is 26.7. The van der Waals surface area contributed by atoms with E-state index in [4.69, 9.17) is 9.72 Å². The number of piperazine rings is 1. The van der Waals surface area contributed by atoms with Crippen molar-refractivity contribution in [3.63, 3.8) is 0 Å². The minimum absolute atomic E-state index is 0.00582. The van der Waals surface area contributed by atoms with Crippen LogP contribution in [0.2, 0.25) is 0 Å². The van der Waals surface area contributed by atoms with Crippen LogP contribution in [-0.4, -0.2) is 76.6 Å². The Morgan fingerprint density at radius 2 is 1.84 bits per heavy atom. The van der Waals surface area contributed by atoms with Crippen LogP contribution in [0.1, 0.15) is 37.7 Å². The molecule has 7 nitrogen and oxygen atoms in total. The summed E-state index contributed by atoms with van der Waals surface area (Å²) in [6, 6.07) is 7.19. The van der Waals surface area contributed by atoms with Crippen LogP contribution in [0.4, 0.5) is 23.4 Å². The summed E-state index contributed by atoms with van der Waals surface area (Å²) in [5.74, 6) is -2.40. The second-order valence-electron chi connectivity index (χ2n) is 12.9. The Morgan fingerprint density at radius 1 is 1.05 bits per heavy atom. The van der Waals surface area contributed by atoms with E-state index in [9.17, 15) is 9.50 Å². The SMILES string of the molecule is Cc1c(F)c(-c2cc(O)cc3cccc(F)c23)c(F)c2nc(OC[C@@]34CCCN3C[C@H](F)C4)nc(N3CC4CCC(C3)N4)c12. The summed E-state index contributed by atoms with van der Waals surface area (Å²) in [5.41, 5.74) is -1.08. The summed E-state index contributed by atoms with van der Waals surface area (Å²) in [6.45, 7) is 4.07. The van der Waals surface area contributed by atoms with E-state index < -0.39 is 34.7 Å². The highest BCUT2D eigenvalue weighted by atomic mass is 19.1. The summed E-state index contributed by atoms with van der Waals surface area (Å²) < 4.78 is 69.0. The van der Waals surface area contributed by atoms with Crippen LogP contribution >= 0.6 is 0 Å². The molecule has 44 heavy (non-hydrogen) atoms. The van der Waals surface area contributed by atoms with Crippen molar-refractivity contribution in [1.82, 2.24) is 20.2 Å². The number of alkyl halides is 1. The van der Waals surface area contributed by atoms with Crippen molar-refractivity contribution in [3.05, 3.63) is 53.3 Å². The number of halogens is 4. The van der Waals surface area contributed by atoms with E-state index >= 15 is 13.2 Å². The smallest absolute Gasteiger partial charge is 0.319 e. The van der Waals surface area contributed by atoms with Crippen molar-refractivity contribution < 1.29 is 27.4 Å². The number of rotatable bonds is 5. The van der Waals surface area contributed by atoms with Gasteiger partial charge in [-0.1, -0.05) is 12.1 Å². The van der Waals surface area contributed by atoms with Gasteiger partial charge in [0, 0.05) is 49.1 Å². The molecule has 11 heteroatoms. The van der Waals surface area contributed by atoms with Gasteiger partial charge in [-0.15, -0.1) is 0 Å². The Balaban J connectivity index is 1.31. The largest absolute Gasteiger partial charge is 0.508 e. The molecule has 2 unspecified atom stereocenters. The van der Waals surface area contributed by atoms with E-state index in [0.29, 0.717) is 37.3 Å². The van der Waals surface area contributed by atoms with Gasteiger partial charge in [-0.3, -0.25) is 4.90 Å². The average molecular weight is 608 g/mol. The molecule has 230 valence electrons. The molecule has 8 rings (SSSR count). The van der Waals surface area contributed by atoms with E-state index in [1.165, 1.54) is 24.3 Å². The Morgan fingerprint density at radius 3 is 2.64 bits per heavy atom. The molecule has 4 atom stereocenters. The lowest BCUT2D eigenvalue weighted by atomic mass is 9.93. The fourth-order valence-corrected chi connectivity index (χ4v) is 8.16. The zero-order chi connectivity index (χ0) is 30.3. The first-order valence-electron chi connectivity index (χ1n) is 15.3. The van der Waals surface area contributed by atoms with Gasteiger partial charge >= 0.3 is 6.01 Å². The van der Waals surface area contributed by atoms with Gasteiger partial charge in [-0.25, -0.2) is 17.6 Å². The number of fused-ring (bicyclic) bond motifs is 5. The second kappa shape index (κ2) is 10.2. The molecule has 0 aliphatic carbocycles. The topological polar surface area (TPSA) is 73.8 Å². The summed E-state index contributed by atoms with van der Waals surface area (Å²) in [6.07, 6.45) is 3.14. The highest BCUT2D eigenvalue weighted by molar-refractivity contribution is 6.03. The first-order valence-corrected chi connectivity index (χ1v) is 15.3. The number of benzene rings is 3. The third kappa shape index (κ3) is 4.30. The van der Waals surface area contributed by atoms with Gasteiger partial charge in [0.25, 0.3) is 0 Å². The van der Waals surface area contributed by atoms with Crippen LogP contribution in [0.5, 0.6) is 11.8 Å². The number of phenols is 1. The number of aromatic nitrogens is 2. The van der Waals surface area contributed by atoms with Crippen LogP contribution in [0.25, 0.3) is 32.8 Å². The molecule has 5 heterocycles. The highest BCUT2D eigenvalue weighted by Gasteiger charge is 2.49. The Labute approximate surface area is 251 Å². The predicted octanol–water partition coefficient (Wildman–Crippen LogP) is 5.78. The summed E-state index contributed by atoms with van der Waals surface area (Å²) in [7, 11) is 0. The third-order valence-electron chi connectivity index (χ3n) is 10.1. The lowest BCUT2D eigenvalue weighted by molar-refractivity contribution is 0.107. The van der Waals surface area contributed by atoms with Crippen molar-refractivity contribution in [2.75, 3.05) is 37.7 Å². The second-order valence-corrected chi connectivity index (χ2v) is 12.9. The Bertz CT molecular complexity index is 1810. The lowest BCUT2D eigenvalue weighted by Gasteiger charge is -2.35. The molecule has 4 aromatic rings. The molecular weight excluding hydrogens is 574 g/mol. The first kappa shape index (κ1) is 27.8. The molecule has 0 amide bonds. The van der Waals surface area contributed by atoms with E-state index in [2.05, 4.69) is 15.2 Å². The van der Waals surface area contributed by atoms with Gasteiger partial charge in [0.05, 0.1) is 16.5 Å². The van der Waals surface area contributed by atoms with Crippen molar-refractivity contribution in [1.29, 1.82) is 0 Å². The number of aromatic hydroxyl groups is 1. The van der Waals surface area contributed by atoms with E-state index in [1.54, 1.807) is 13.0 Å². The van der Waals surface area contributed by atoms with E-state index in [0.717, 1.165) is 32.2 Å². The molecule has 3 aromatic carbocycles. The minimum Gasteiger partial charge on any atom is -0.508 e.